The SMILES string of the molecule is COC(CN)CCN(C)Cc1cc(Br)cs1. The molecule has 1 rings (SSSR count). The third-order valence-electron chi connectivity index (χ3n) is 2.48. The van der Waals surface area contributed by atoms with Crippen LogP contribution in [-0.4, -0.2) is 38.3 Å². The second-order valence-electron chi connectivity index (χ2n) is 3.85. The fourth-order valence-electron chi connectivity index (χ4n) is 1.48. The van der Waals surface area contributed by atoms with Crippen molar-refractivity contribution in [2.75, 3.05) is 27.2 Å². The second-order valence-corrected chi connectivity index (χ2v) is 5.76. The maximum Gasteiger partial charge on any atom is 0.0705 e. The Kier molecular flexibility index (Phi) is 6.53. The van der Waals surface area contributed by atoms with Crippen LogP contribution in [-0.2, 0) is 11.3 Å². The van der Waals surface area contributed by atoms with Gasteiger partial charge in [-0.3, -0.25) is 0 Å². The average molecular weight is 307 g/mol. The Labute approximate surface area is 110 Å². The Balaban J connectivity index is 2.27. The Bertz CT molecular complexity index is 302. The van der Waals surface area contributed by atoms with Crippen LogP contribution >= 0.6 is 27.3 Å². The van der Waals surface area contributed by atoms with E-state index in [0.717, 1.165) is 24.0 Å². The van der Waals surface area contributed by atoms with Crippen LogP contribution < -0.4 is 5.73 Å². The third-order valence-corrected chi connectivity index (χ3v) is 4.16. The molecule has 0 aromatic carbocycles. The summed E-state index contributed by atoms with van der Waals surface area (Å²) >= 11 is 5.24. The van der Waals surface area contributed by atoms with Crippen molar-refractivity contribution >= 4 is 27.3 Å². The first-order valence-corrected chi connectivity index (χ1v) is 6.97. The number of nitrogens with zero attached hydrogens (tertiary/aromatic N) is 1. The quantitative estimate of drug-likeness (QED) is 0.840. The van der Waals surface area contributed by atoms with Crippen LogP contribution in [0.25, 0.3) is 0 Å². The largest absolute Gasteiger partial charge is 0.380 e. The Hall–Kier alpha value is 0.0600. The molecule has 0 bridgehead atoms. The van der Waals surface area contributed by atoms with Crippen molar-refractivity contribution in [1.29, 1.82) is 0 Å². The topological polar surface area (TPSA) is 38.5 Å². The smallest absolute Gasteiger partial charge is 0.0705 e. The summed E-state index contributed by atoms with van der Waals surface area (Å²) < 4.78 is 6.41. The van der Waals surface area contributed by atoms with Crippen LogP contribution in [0.2, 0.25) is 0 Å². The molecule has 1 aromatic rings. The summed E-state index contributed by atoms with van der Waals surface area (Å²) in [6.07, 6.45) is 1.16. The number of thiophene rings is 1. The normalized spacial score (nSPS) is 13.3. The summed E-state index contributed by atoms with van der Waals surface area (Å²) in [4.78, 5) is 3.66. The lowest BCUT2D eigenvalue weighted by molar-refractivity contribution is 0.0920. The van der Waals surface area contributed by atoms with Crippen molar-refractivity contribution < 1.29 is 4.74 Å². The zero-order valence-electron chi connectivity index (χ0n) is 9.78. The highest BCUT2D eigenvalue weighted by molar-refractivity contribution is 9.10. The minimum Gasteiger partial charge on any atom is -0.380 e. The van der Waals surface area contributed by atoms with Gasteiger partial charge in [0.05, 0.1) is 6.10 Å². The van der Waals surface area contributed by atoms with E-state index in [0.29, 0.717) is 6.54 Å². The molecule has 5 heteroatoms. The van der Waals surface area contributed by atoms with Gasteiger partial charge in [0.25, 0.3) is 0 Å². The van der Waals surface area contributed by atoms with E-state index in [4.69, 9.17) is 10.5 Å². The summed E-state index contributed by atoms with van der Waals surface area (Å²) in [6.45, 7) is 2.58. The van der Waals surface area contributed by atoms with Gasteiger partial charge in [-0.05, 0) is 35.5 Å². The average Bonchev–Trinajstić information content (AvgIpc) is 2.65. The molecule has 3 nitrogen and oxygen atoms in total. The lowest BCUT2D eigenvalue weighted by Crippen LogP contribution is -2.28. The predicted molar refractivity (Wildman–Crippen MR) is 72.8 cm³/mol. The zero-order chi connectivity index (χ0) is 12.0. The van der Waals surface area contributed by atoms with Crippen LogP contribution in [0.1, 0.15) is 11.3 Å². The van der Waals surface area contributed by atoms with Gasteiger partial charge in [-0.25, -0.2) is 0 Å². The summed E-state index contributed by atoms with van der Waals surface area (Å²) in [5.41, 5.74) is 5.58. The lowest BCUT2D eigenvalue weighted by atomic mass is 10.2. The van der Waals surface area contributed by atoms with Crippen molar-refractivity contribution in [3.8, 4) is 0 Å². The number of halogens is 1. The highest BCUT2D eigenvalue weighted by atomic mass is 79.9. The number of nitrogens with two attached hydrogens (primary N) is 1. The van der Waals surface area contributed by atoms with Crippen molar-refractivity contribution in [1.82, 2.24) is 4.90 Å². The molecule has 0 aliphatic carbocycles. The first-order chi connectivity index (χ1) is 7.65. The van der Waals surface area contributed by atoms with Crippen molar-refractivity contribution in [3.05, 3.63) is 20.8 Å². The van der Waals surface area contributed by atoms with Gasteiger partial charge in [0.1, 0.15) is 0 Å². The summed E-state index contributed by atoms with van der Waals surface area (Å²) in [6, 6.07) is 2.16. The summed E-state index contributed by atoms with van der Waals surface area (Å²) in [5, 5.41) is 2.11. The molecule has 1 atom stereocenters. The van der Waals surface area contributed by atoms with Gasteiger partial charge in [-0.1, -0.05) is 0 Å². The highest BCUT2D eigenvalue weighted by Gasteiger charge is 2.07. The Morgan fingerprint density at radius 1 is 1.62 bits per heavy atom. The van der Waals surface area contributed by atoms with E-state index in [1.807, 2.05) is 0 Å². The second kappa shape index (κ2) is 7.40. The minimum absolute atomic E-state index is 0.178. The summed E-state index contributed by atoms with van der Waals surface area (Å²) in [7, 11) is 3.84. The van der Waals surface area contributed by atoms with Gasteiger partial charge in [-0.15, -0.1) is 11.3 Å². The van der Waals surface area contributed by atoms with Crippen LogP contribution in [0.3, 0.4) is 0 Å². The Morgan fingerprint density at radius 2 is 2.38 bits per heavy atom. The third kappa shape index (κ3) is 4.93. The van der Waals surface area contributed by atoms with E-state index in [1.165, 1.54) is 4.88 Å². The minimum atomic E-state index is 0.178. The molecule has 0 aliphatic heterocycles. The maximum absolute atomic E-state index is 5.58. The molecule has 0 amide bonds. The van der Waals surface area contributed by atoms with Gasteiger partial charge in [0.2, 0.25) is 0 Å². The molecule has 0 saturated heterocycles. The lowest BCUT2D eigenvalue weighted by Gasteiger charge is -2.19. The summed E-state index contributed by atoms with van der Waals surface area (Å²) in [5.74, 6) is 0. The first-order valence-electron chi connectivity index (χ1n) is 5.30. The number of rotatable bonds is 7. The van der Waals surface area contributed by atoms with Gasteiger partial charge in [0, 0.05) is 41.5 Å². The molecule has 0 aliphatic rings. The molecule has 1 unspecified atom stereocenters. The van der Waals surface area contributed by atoms with E-state index in [2.05, 4.69) is 39.3 Å². The monoisotopic (exact) mass is 306 g/mol. The molecular formula is C11H19BrN2OS. The molecule has 0 fully saturated rings. The molecule has 1 aromatic heterocycles. The maximum atomic E-state index is 5.58. The van der Waals surface area contributed by atoms with Crippen LogP contribution in [0.4, 0.5) is 0 Å². The van der Waals surface area contributed by atoms with Crippen molar-refractivity contribution in [2.45, 2.75) is 19.1 Å². The van der Waals surface area contributed by atoms with E-state index < -0.39 is 0 Å². The van der Waals surface area contributed by atoms with E-state index >= 15 is 0 Å². The van der Waals surface area contributed by atoms with Crippen LogP contribution in [0.15, 0.2) is 15.9 Å². The van der Waals surface area contributed by atoms with Gasteiger partial charge < -0.3 is 15.4 Å². The van der Waals surface area contributed by atoms with E-state index in [9.17, 15) is 0 Å². The van der Waals surface area contributed by atoms with E-state index in [-0.39, 0.29) is 6.10 Å². The standard InChI is InChI=1S/C11H19BrN2OS/c1-14(4-3-10(6-13)15-2)7-11-5-9(12)8-16-11/h5,8,10H,3-4,6-7,13H2,1-2H3. The molecule has 0 saturated carbocycles. The zero-order valence-corrected chi connectivity index (χ0v) is 12.2. The fraction of sp³-hybridized carbons (Fsp3) is 0.636. The van der Waals surface area contributed by atoms with E-state index in [1.54, 1.807) is 18.4 Å². The molecule has 0 radical (unpaired) electrons. The number of ether oxygens (including phenoxy) is 1. The Morgan fingerprint density at radius 3 is 2.88 bits per heavy atom. The van der Waals surface area contributed by atoms with Crippen LogP contribution in [0, 0.1) is 0 Å². The van der Waals surface area contributed by atoms with Gasteiger partial charge >= 0.3 is 0 Å². The molecule has 16 heavy (non-hydrogen) atoms. The highest BCUT2D eigenvalue weighted by Crippen LogP contribution is 2.20. The molecule has 92 valence electrons. The van der Waals surface area contributed by atoms with Gasteiger partial charge in [-0.2, -0.15) is 0 Å². The number of methoxy groups -OCH3 is 1. The predicted octanol–water partition coefficient (Wildman–Crippen LogP) is 2.31. The van der Waals surface area contributed by atoms with Crippen LogP contribution in [0.5, 0.6) is 0 Å². The number of hydrogen-bond donors (Lipinski definition) is 1. The molecule has 0 spiro atoms. The number of hydrogen-bond acceptors (Lipinski definition) is 4. The molecular weight excluding hydrogens is 288 g/mol. The fourth-order valence-corrected chi connectivity index (χ4v) is 3.01. The molecule has 1 heterocycles. The van der Waals surface area contributed by atoms with Crippen molar-refractivity contribution in [2.24, 2.45) is 5.73 Å². The molecule has 2 N–H and O–H groups in total. The van der Waals surface area contributed by atoms with Crippen molar-refractivity contribution in [3.63, 3.8) is 0 Å². The van der Waals surface area contributed by atoms with Gasteiger partial charge in [0.15, 0.2) is 0 Å². The first kappa shape index (κ1) is 14.1.